The van der Waals surface area contributed by atoms with Crippen LogP contribution in [0.3, 0.4) is 0 Å². The van der Waals surface area contributed by atoms with E-state index in [2.05, 4.69) is 4.98 Å². The number of H-pyrrole nitrogens is 1. The predicted octanol–water partition coefficient (Wildman–Crippen LogP) is 3.95. The van der Waals surface area contributed by atoms with Crippen molar-refractivity contribution in [2.75, 3.05) is 0 Å². The van der Waals surface area contributed by atoms with Crippen LogP contribution in [0.2, 0.25) is 0 Å². The fourth-order valence-electron chi connectivity index (χ4n) is 2.32. The average molecular weight is 292 g/mol. The third-order valence-corrected chi connectivity index (χ3v) is 4.27. The molecule has 1 N–H and O–H groups in total. The van der Waals surface area contributed by atoms with Gasteiger partial charge in [0, 0.05) is 21.7 Å². The van der Waals surface area contributed by atoms with Crippen molar-refractivity contribution >= 4 is 11.3 Å². The van der Waals surface area contributed by atoms with Crippen molar-refractivity contribution in [1.82, 2.24) is 4.98 Å². The Bertz CT molecular complexity index is 886. The van der Waals surface area contributed by atoms with Crippen LogP contribution in [0.15, 0.2) is 52.6 Å². The second kappa shape index (κ2) is 5.39. The fraction of sp³-hybridized carbons (Fsp3) is 0.0588. The van der Waals surface area contributed by atoms with Gasteiger partial charge in [-0.15, -0.1) is 11.3 Å². The summed E-state index contributed by atoms with van der Waals surface area (Å²) in [5.41, 5.74) is 3.29. The third-order valence-electron chi connectivity index (χ3n) is 3.37. The second-order valence-electron chi connectivity index (χ2n) is 4.70. The summed E-state index contributed by atoms with van der Waals surface area (Å²) in [5.74, 6) is 0. The largest absolute Gasteiger partial charge is 0.321 e. The number of hydrogen-bond donors (Lipinski definition) is 1. The summed E-state index contributed by atoms with van der Waals surface area (Å²) < 4.78 is 0. The zero-order chi connectivity index (χ0) is 14.8. The van der Waals surface area contributed by atoms with Gasteiger partial charge in [-0.1, -0.05) is 30.3 Å². The second-order valence-corrected chi connectivity index (χ2v) is 5.65. The van der Waals surface area contributed by atoms with Gasteiger partial charge in [0.05, 0.1) is 0 Å². The first kappa shape index (κ1) is 13.3. The number of nitriles is 1. The number of hydrogen-bond acceptors (Lipinski definition) is 3. The molecule has 21 heavy (non-hydrogen) atoms. The summed E-state index contributed by atoms with van der Waals surface area (Å²) >= 11 is 1.52. The highest BCUT2D eigenvalue weighted by Gasteiger charge is 2.13. The number of rotatable bonds is 2. The van der Waals surface area contributed by atoms with Gasteiger partial charge in [-0.3, -0.25) is 4.79 Å². The number of thiophene rings is 1. The molecule has 1 aromatic carbocycles. The zero-order valence-corrected chi connectivity index (χ0v) is 12.2. The Kier molecular flexibility index (Phi) is 3.43. The first-order valence-corrected chi connectivity index (χ1v) is 7.36. The van der Waals surface area contributed by atoms with Crippen LogP contribution >= 0.6 is 11.3 Å². The minimum atomic E-state index is -0.346. The Hall–Kier alpha value is -2.64. The lowest BCUT2D eigenvalue weighted by Crippen LogP contribution is -2.12. The fourth-order valence-corrected chi connectivity index (χ4v) is 3.07. The maximum atomic E-state index is 12.2. The average Bonchev–Trinajstić information content (AvgIpc) is 3.01. The van der Waals surface area contributed by atoms with E-state index >= 15 is 0 Å². The number of benzene rings is 1. The van der Waals surface area contributed by atoms with E-state index < -0.39 is 0 Å². The molecule has 4 heteroatoms. The molecule has 0 aliphatic heterocycles. The van der Waals surface area contributed by atoms with Crippen molar-refractivity contribution in [3.05, 3.63) is 69.3 Å². The molecule has 3 nitrogen and oxygen atoms in total. The Labute approximate surface area is 126 Å². The molecule has 0 saturated carbocycles. The van der Waals surface area contributed by atoms with Crippen molar-refractivity contribution in [2.24, 2.45) is 0 Å². The van der Waals surface area contributed by atoms with Crippen LogP contribution < -0.4 is 5.56 Å². The maximum absolute atomic E-state index is 12.2. The van der Waals surface area contributed by atoms with Crippen LogP contribution in [-0.4, -0.2) is 4.98 Å². The van der Waals surface area contributed by atoms with Gasteiger partial charge in [-0.25, -0.2) is 0 Å². The highest BCUT2D eigenvalue weighted by molar-refractivity contribution is 7.13. The molecule has 3 rings (SSSR count). The summed E-state index contributed by atoms with van der Waals surface area (Å²) in [5, 5.41) is 11.2. The van der Waals surface area contributed by atoms with E-state index in [1.807, 2.05) is 60.8 Å². The first-order chi connectivity index (χ1) is 10.2. The first-order valence-electron chi connectivity index (χ1n) is 6.48. The number of aromatic nitrogens is 1. The van der Waals surface area contributed by atoms with Crippen LogP contribution in [0.1, 0.15) is 11.1 Å². The van der Waals surface area contributed by atoms with E-state index in [-0.39, 0.29) is 11.1 Å². The number of aromatic amines is 1. The highest BCUT2D eigenvalue weighted by Crippen LogP contribution is 2.30. The SMILES string of the molecule is Cc1ccccc1-c1cc(-c2cccs2)c(C#N)c(=O)[nH]1. The molecular weight excluding hydrogens is 280 g/mol. The van der Waals surface area contributed by atoms with Gasteiger partial charge in [0.15, 0.2) is 0 Å². The molecular formula is C17H12N2OS. The van der Waals surface area contributed by atoms with Crippen LogP contribution in [0.5, 0.6) is 0 Å². The van der Waals surface area contributed by atoms with Gasteiger partial charge in [0.1, 0.15) is 11.6 Å². The smallest absolute Gasteiger partial charge is 0.267 e. The Morgan fingerprint density at radius 1 is 1.14 bits per heavy atom. The predicted molar refractivity (Wildman–Crippen MR) is 85.3 cm³/mol. The van der Waals surface area contributed by atoms with E-state index in [1.54, 1.807) is 0 Å². The summed E-state index contributed by atoms with van der Waals surface area (Å²) in [7, 11) is 0. The van der Waals surface area contributed by atoms with Gasteiger partial charge >= 0.3 is 0 Å². The summed E-state index contributed by atoms with van der Waals surface area (Å²) in [4.78, 5) is 15.9. The Morgan fingerprint density at radius 3 is 2.62 bits per heavy atom. The number of aryl methyl sites for hydroxylation is 1. The molecule has 102 valence electrons. The minimum absolute atomic E-state index is 0.162. The number of nitrogens with one attached hydrogen (secondary N) is 1. The van der Waals surface area contributed by atoms with Crippen LogP contribution in [0, 0.1) is 18.3 Å². The summed E-state index contributed by atoms with van der Waals surface area (Å²) in [6.07, 6.45) is 0. The lowest BCUT2D eigenvalue weighted by molar-refractivity contribution is 1.21. The topological polar surface area (TPSA) is 56.6 Å². The van der Waals surface area contributed by atoms with Gasteiger partial charge in [0.2, 0.25) is 0 Å². The van der Waals surface area contributed by atoms with Crippen LogP contribution in [0.25, 0.3) is 21.7 Å². The Morgan fingerprint density at radius 2 is 1.95 bits per heavy atom. The normalized spacial score (nSPS) is 10.3. The highest BCUT2D eigenvalue weighted by atomic mass is 32.1. The number of nitrogens with zero attached hydrogens (tertiary/aromatic N) is 1. The Balaban J connectivity index is 2.29. The van der Waals surface area contributed by atoms with Gasteiger partial charge in [-0.05, 0) is 30.0 Å². The van der Waals surface area contributed by atoms with Gasteiger partial charge < -0.3 is 4.98 Å². The zero-order valence-electron chi connectivity index (χ0n) is 11.4. The molecule has 2 aromatic heterocycles. The van der Waals surface area contributed by atoms with E-state index in [1.165, 1.54) is 11.3 Å². The molecule has 3 aromatic rings. The molecule has 0 spiro atoms. The van der Waals surface area contributed by atoms with Crippen molar-refractivity contribution in [1.29, 1.82) is 5.26 Å². The molecule has 0 atom stereocenters. The minimum Gasteiger partial charge on any atom is -0.321 e. The van der Waals surface area contributed by atoms with Crippen molar-refractivity contribution in [3.63, 3.8) is 0 Å². The van der Waals surface area contributed by atoms with E-state index in [9.17, 15) is 10.1 Å². The van der Waals surface area contributed by atoms with Crippen LogP contribution in [-0.2, 0) is 0 Å². The van der Waals surface area contributed by atoms with Crippen molar-refractivity contribution in [2.45, 2.75) is 6.92 Å². The van der Waals surface area contributed by atoms with Crippen molar-refractivity contribution in [3.8, 4) is 27.8 Å². The van der Waals surface area contributed by atoms with Gasteiger partial charge in [0.25, 0.3) is 5.56 Å². The summed E-state index contributed by atoms with van der Waals surface area (Å²) in [6, 6.07) is 15.6. The van der Waals surface area contributed by atoms with Crippen molar-refractivity contribution < 1.29 is 0 Å². The number of pyridine rings is 1. The molecule has 0 bridgehead atoms. The molecule has 0 fully saturated rings. The van der Waals surface area contributed by atoms with E-state index in [0.29, 0.717) is 5.56 Å². The molecule has 0 aliphatic carbocycles. The summed E-state index contributed by atoms with van der Waals surface area (Å²) in [6.45, 7) is 2.00. The molecule has 0 saturated heterocycles. The standard InChI is InChI=1S/C17H12N2OS/c1-11-5-2-3-6-12(11)15-9-13(16-7-4-8-21-16)14(10-18)17(20)19-15/h2-9H,1H3,(H,19,20). The van der Waals surface area contributed by atoms with Gasteiger partial charge in [-0.2, -0.15) is 5.26 Å². The van der Waals surface area contributed by atoms with E-state index in [0.717, 1.165) is 21.7 Å². The third kappa shape index (κ3) is 2.39. The van der Waals surface area contributed by atoms with Crippen LogP contribution in [0.4, 0.5) is 0 Å². The van der Waals surface area contributed by atoms with E-state index in [4.69, 9.17) is 0 Å². The maximum Gasteiger partial charge on any atom is 0.267 e. The molecule has 0 radical (unpaired) electrons. The molecule has 0 amide bonds. The lowest BCUT2D eigenvalue weighted by atomic mass is 10.0. The molecule has 0 unspecified atom stereocenters. The molecule has 2 heterocycles. The monoisotopic (exact) mass is 292 g/mol. The quantitative estimate of drug-likeness (QED) is 0.777. The molecule has 0 aliphatic rings. The lowest BCUT2D eigenvalue weighted by Gasteiger charge is -2.08.